The van der Waals surface area contributed by atoms with E-state index in [4.69, 9.17) is 11.6 Å². The second kappa shape index (κ2) is 4.44. The molecule has 1 aromatic carbocycles. The van der Waals surface area contributed by atoms with Gasteiger partial charge in [0.05, 0.1) is 3.79 Å². The average molecular weight is 308 g/mol. The van der Waals surface area contributed by atoms with Gasteiger partial charge in [0.15, 0.2) is 0 Å². The summed E-state index contributed by atoms with van der Waals surface area (Å²) in [4.78, 5) is 1.32. The highest BCUT2D eigenvalue weighted by atomic mass is 79.9. The zero-order valence-electron chi connectivity index (χ0n) is 7.51. The molecule has 1 aromatic heterocycles. The highest BCUT2D eigenvalue weighted by molar-refractivity contribution is 9.11. The minimum atomic E-state index is 0.568. The molecule has 0 atom stereocenters. The van der Waals surface area contributed by atoms with Crippen molar-refractivity contribution < 1.29 is 0 Å². The molecule has 0 spiro atoms. The van der Waals surface area contributed by atoms with Crippen LogP contribution in [0.15, 0.2) is 26.9 Å². The number of fused-ring (bicyclic) bond motifs is 1. The third-order valence-corrected chi connectivity index (χ3v) is 5.30. The van der Waals surface area contributed by atoms with Gasteiger partial charge in [0.2, 0.25) is 0 Å². The molecule has 74 valence electrons. The third-order valence-electron chi connectivity index (χ3n) is 2.09. The number of thiophene rings is 1. The smallest absolute Gasteiger partial charge is 0.0755 e. The summed E-state index contributed by atoms with van der Waals surface area (Å²) in [6, 6.07) is 6.37. The van der Waals surface area contributed by atoms with Gasteiger partial charge in [0, 0.05) is 15.5 Å². The fraction of sp³-hybridized carbons (Fsp3) is 0.200. The number of hydrogen-bond acceptors (Lipinski definition) is 2. The topological polar surface area (TPSA) is 0 Å². The van der Waals surface area contributed by atoms with Gasteiger partial charge in [-0.3, -0.25) is 0 Å². The molecular weight excluding hydrogens is 300 g/mol. The van der Waals surface area contributed by atoms with Crippen LogP contribution >= 0.6 is 50.6 Å². The lowest BCUT2D eigenvalue weighted by molar-refractivity contribution is 1.46. The molecule has 0 aliphatic heterocycles. The molecule has 4 heteroatoms. The van der Waals surface area contributed by atoms with Crippen LogP contribution in [0.2, 0.25) is 0 Å². The monoisotopic (exact) mass is 306 g/mol. The molecule has 2 rings (SSSR count). The SMILES string of the molecule is CSc1cccc2c(CCl)c(Br)sc12. The first-order valence-electron chi connectivity index (χ1n) is 4.07. The van der Waals surface area contributed by atoms with Crippen molar-refractivity contribution in [3.05, 3.63) is 27.5 Å². The van der Waals surface area contributed by atoms with Crippen molar-refractivity contribution in [3.63, 3.8) is 0 Å². The highest BCUT2D eigenvalue weighted by Crippen LogP contribution is 2.40. The van der Waals surface area contributed by atoms with E-state index in [1.807, 2.05) is 0 Å². The molecule has 0 saturated heterocycles. The van der Waals surface area contributed by atoms with Crippen LogP contribution in [0.4, 0.5) is 0 Å². The van der Waals surface area contributed by atoms with E-state index in [-0.39, 0.29) is 0 Å². The van der Waals surface area contributed by atoms with E-state index in [1.54, 1.807) is 23.1 Å². The molecule has 2 aromatic rings. The van der Waals surface area contributed by atoms with Crippen LogP contribution in [0.25, 0.3) is 10.1 Å². The Bertz CT molecular complexity index is 464. The minimum absolute atomic E-state index is 0.568. The van der Waals surface area contributed by atoms with Gasteiger partial charge in [-0.25, -0.2) is 0 Å². The van der Waals surface area contributed by atoms with Gasteiger partial charge >= 0.3 is 0 Å². The normalized spacial score (nSPS) is 11.1. The molecule has 0 amide bonds. The Labute approximate surface area is 105 Å². The molecule has 14 heavy (non-hydrogen) atoms. The lowest BCUT2D eigenvalue weighted by Gasteiger charge is -1.98. The largest absolute Gasteiger partial charge is 0.128 e. The van der Waals surface area contributed by atoms with Gasteiger partial charge < -0.3 is 0 Å². The van der Waals surface area contributed by atoms with E-state index in [2.05, 4.69) is 40.4 Å². The number of thioether (sulfide) groups is 1. The average Bonchev–Trinajstić information content (AvgIpc) is 2.52. The maximum absolute atomic E-state index is 5.92. The van der Waals surface area contributed by atoms with Crippen LogP contribution in [-0.4, -0.2) is 6.26 Å². The van der Waals surface area contributed by atoms with Gasteiger partial charge in [0.1, 0.15) is 0 Å². The number of rotatable bonds is 2. The van der Waals surface area contributed by atoms with E-state index in [9.17, 15) is 0 Å². The third kappa shape index (κ3) is 1.71. The fourth-order valence-electron chi connectivity index (χ4n) is 1.40. The first kappa shape index (κ1) is 10.8. The zero-order chi connectivity index (χ0) is 10.1. The summed E-state index contributed by atoms with van der Waals surface area (Å²) in [5.74, 6) is 0.568. The molecule has 0 aliphatic carbocycles. The summed E-state index contributed by atoms with van der Waals surface area (Å²) in [6.45, 7) is 0. The van der Waals surface area contributed by atoms with E-state index in [1.165, 1.54) is 20.5 Å². The number of alkyl halides is 1. The maximum atomic E-state index is 5.92. The molecule has 0 radical (unpaired) electrons. The summed E-state index contributed by atoms with van der Waals surface area (Å²) >= 11 is 13.0. The van der Waals surface area contributed by atoms with Gasteiger partial charge in [0.25, 0.3) is 0 Å². The van der Waals surface area contributed by atoms with Crippen molar-refractivity contribution in [2.75, 3.05) is 6.26 Å². The Hall–Kier alpha value is 0.300. The Kier molecular flexibility index (Phi) is 3.42. The molecule has 0 N–H and O–H groups in total. The van der Waals surface area contributed by atoms with Crippen LogP contribution in [0.5, 0.6) is 0 Å². The molecule has 0 saturated carbocycles. The Balaban J connectivity index is 2.79. The number of hydrogen-bond donors (Lipinski definition) is 0. The lowest BCUT2D eigenvalue weighted by atomic mass is 10.2. The first-order chi connectivity index (χ1) is 6.77. The zero-order valence-corrected chi connectivity index (χ0v) is 11.5. The minimum Gasteiger partial charge on any atom is -0.128 e. The molecule has 0 aliphatic rings. The van der Waals surface area contributed by atoms with E-state index < -0.39 is 0 Å². The molecule has 1 heterocycles. The molecular formula is C10H8BrClS2. The maximum Gasteiger partial charge on any atom is 0.0755 e. The predicted molar refractivity (Wildman–Crippen MR) is 70.9 cm³/mol. The number of halogens is 2. The second-order valence-corrected chi connectivity index (χ2v) is 6.28. The quantitative estimate of drug-likeness (QED) is 0.548. The predicted octanol–water partition coefficient (Wildman–Crippen LogP) is 5.12. The molecule has 0 nitrogen and oxygen atoms in total. The van der Waals surface area contributed by atoms with Crippen LogP contribution in [0, 0.1) is 0 Å². The summed E-state index contributed by atoms with van der Waals surface area (Å²) in [6.07, 6.45) is 2.10. The van der Waals surface area contributed by atoms with Crippen molar-refractivity contribution in [3.8, 4) is 0 Å². The standard InChI is InChI=1S/C10H8BrClS2/c1-13-8-4-2-3-6-7(5-12)10(11)14-9(6)8/h2-4H,5H2,1H3. The summed E-state index contributed by atoms with van der Waals surface area (Å²) < 4.78 is 2.49. The molecule has 0 unspecified atom stereocenters. The summed E-state index contributed by atoms with van der Waals surface area (Å²) in [7, 11) is 0. The highest BCUT2D eigenvalue weighted by Gasteiger charge is 2.11. The van der Waals surface area contributed by atoms with Crippen molar-refractivity contribution in [1.29, 1.82) is 0 Å². The molecule has 0 fully saturated rings. The van der Waals surface area contributed by atoms with Crippen molar-refractivity contribution >= 4 is 60.7 Å². The van der Waals surface area contributed by atoms with Crippen LogP contribution < -0.4 is 0 Å². The van der Waals surface area contributed by atoms with Gasteiger partial charge in [-0.2, -0.15) is 0 Å². The van der Waals surface area contributed by atoms with E-state index in [0.717, 1.165) is 3.79 Å². The van der Waals surface area contributed by atoms with Crippen LogP contribution in [0.1, 0.15) is 5.56 Å². The van der Waals surface area contributed by atoms with Gasteiger partial charge in [-0.15, -0.1) is 34.7 Å². The second-order valence-electron chi connectivity index (χ2n) is 2.82. The summed E-state index contributed by atoms with van der Waals surface area (Å²) in [5, 5.41) is 1.28. The fourth-order valence-corrected chi connectivity index (χ4v) is 4.60. The van der Waals surface area contributed by atoms with Crippen LogP contribution in [-0.2, 0) is 5.88 Å². The van der Waals surface area contributed by atoms with Crippen LogP contribution in [0.3, 0.4) is 0 Å². The van der Waals surface area contributed by atoms with E-state index in [0.29, 0.717) is 5.88 Å². The summed E-state index contributed by atoms with van der Waals surface area (Å²) in [5.41, 5.74) is 1.21. The molecule has 0 bridgehead atoms. The first-order valence-corrected chi connectivity index (χ1v) is 7.44. The van der Waals surface area contributed by atoms with Crippen molar-refractivity contribution in [2.24, 2.45) is 0 Å². The van der Waals surface area contributed by atoms with E-state index >= 15 is 0 Å². The van der Waals surface area contributed by atoms with Crippen molar-refractivity contribution in [1.82, 2.24) is 0 Å². The van der Waals surface area contributed by atoms with Gasteiger partial charge in [-0.05, 0) is 39.2 Å². The lowest BCUT2D eigenvalue weighted by Crippen LogP contribution is -1.75. The number of benzene rings is 1. The Morgan fingerprint density at radius 1 is 1.50 bits per heavy atom. The Morgan fingerprint density at radius 2 is 2.29 bits per heavy atom. The van der Waals surface area contributed by atoms with Gasteiger partial charge in [-0.1, -0.05) is 12.1 Å². The van der Waals surface area contributed by atoms with Crippen molar-refractivity contribution in [2.45, 2.75) is 10.8 Å². The Morgan fingerprint density at radius 3 is 2.93 bits per heavy atom.